The van der Waals surface area contributed by atoms with Crippen molar-refractivity contribution >= 4 is 11.6 Å². The molecule has 2 aliphatic rings. The van der Waals surface area contributed by atoms with Crippen molar-refractivity contribution in [2.24, 2.45) is 18.9 Å². The van der Waals surface area contributed by atoms with Crippen LogP contribution in [0.2, 0.25) is 0 Å². The smallest absolute Gasteiger partial charge is 0.268 e. The Bertz CT molecular complexity index is 594. The quantitative estimate of drug-likeness (QED) is 0.878. The zero-order valence-corrected chi connectivity index (χ0v) is 13.1. The number of amides is 1. The number of hydrogen-bond acceptors (Lipinski definition) is 4. The number of nitrogens with one attached hydrogen (secondary N) is 1. The molecular formula is C16H24N4O2. The van der Waals surface area contributed by atoms with Crippen LogP contribution in [0.3, 0.4) is 0 Å². The predicted molar refractivity (Wildman–Crippen MR) is 84.8 cm³/mol. The van der Waals surface area contributed by atoms with E-state index in [1.165, 1.54) is 17.5 Å². The molecule has 0 radical (unpaired) electrons. The van der Waals surface area contributed by atoms with Crippen LogP contribution in [0, 0.1) is 11.8 Å². The molecule has 3 rings (SSSR count). The first kappa shape index (κ1) is 15.1. The number of nitrogens with zero attached hydrogens (tertiary/aromatic N) is 3. The molecule has 1 atom stereocenters. The van der Waals surface area contributed by atoms with Crippen molar-refractivity contribution in [3.8, 4) is 0 Å². The molecule has 1 aliphatic carbocycles. The maximum atomic E-state index is 12.0. The van der Waals surface area contributed by atoms with Gasteiger partial charge in [-0.05, 0) is 37.5 Å². The Kier molecular flexibility index (Phi) is 4.45. The van der Waals surface area contributed by atoms with Gasteiger partial charge in [0.25, 0.3) is 5.56 Å². The van der Waals surface area contributed by atoms with Crippen molar-refractivity contribution in [3.05, 3.63) is 22.6 Å². The Balaban J connectivity index is 1.54. The Morgan fingerprint density at radius 2 is 2.18 bits per heavy atom. The highest BCUT2D eigenvalue weighted by Crippen LogP contribution is 2.28. The third-order valence-electron chi connectivity index (χ3n) is 4.60. The fourth-order valence-electron chi connectivity index (χ4n) is 3.01. The molecule has 1 saturated heterocycles. The number of carbonyl (C=O) groups excluding carboxylic acids is 1. The van der Waals surface area contributed by atoms with E-state index >= 15 is 0 Å². The van der Waals surface area contributed by atoms with Crippen molar-refractivity contribution in [1.82, 2.24) is 15.1 Å². The van der Waals surface area contributed by atoms with E-state index in [-0.39, 0.29) is 11.5 Å². The molecule has 1 aromatic heterocycles. The molecule has 120 valence electrons. The molecule has 1 unspecified atom stereocenters. The molecule has 1 N–H and O–H groups in total. The lowest BCUT2D eigenvalue weighted by Gasteiger charge is -2.33. The van der Waals surface area contributed by atoms with Crippen LogP contribution < -0.4 is 15.8 Å². The van der Waals surface area contributed by atoms with Gasteiger partial charge in [-0.1, -0.05) is 0 Å². The molecule has 6 nitrogen and oxygen atoms in total. The maximum Gasteiger partial charge on any atom is 0.268 e. The second kappa shape index (κ2) is 6.50. The zero-order chi connectivity index (χ0) is 15.5. The van der Waals surface area contributed by atoms with E-state index in [0.29, 0.717) is 12.3 Å². The maximum absolute atomic E-state index is 12.0. The van der Waals surface area contributed by atoms with E-state index in [1.807, 2.05) is 0 Å². The van der Waals surface area contributed by atoms with Gasteiger partial charge in [-0.2, -0.15) is 5.10 Å². The van der Waals surface area contributed by atoms with Gasteiger partial charge in [0.2, 0.25) is 5.91 Å². The summed E-state index contributed by atoms with van der Waals surface area (Å²) in [6.07, 6.45) is 6.96. The van der Waals surface area contributed by atoms with Crippen LogP contribution in [0.25, 0.3) is 0 Å². The van der Waals surface area contributed by atoms with Crippen LogP contribution in [0.4, 0.5) is 5.69 Å². The molecule has 1 aliphatic heterocycles. The van der Waals surface area contributed by atoms with E-state index in [1.54, 1.807) is 19.3 Å². The molecule has 2 heterocycles. The highest BCUT2D eigenvalue weighted by molar-refractivity contribution is 5.76. The van der Waals surface area contributed by atoms with Crippen LogP contribution in [0.15, 0.2) is 17.1 Å². The van der Waals surface area contributed by atoms with E-state index in [0.717, 1.165) is 44.1 Å². The lowest BCUT2D eigenvalue weighted by Crippen LogP contribution is -2.39. The second-order valence-corrected chi connectivity index (χ2v) is 6.58. The summed E-state index contributed by atoms with van der Waals surface area (Å²) in [6, 6.07) is 1.63. The van der Waals surface area contributed by atoms with Gasteiger partial charge in [0.1, 0.15) is 0 Å². The fourth-order valence-corrected chi connectivity index (χ4v) is 3.01. The largest absolute Gasteiger partial charge is 0.370 e. The lowest BCUT2D eigenvalue weighted by molar-refractivity contribution is -0.122. The van der Waals surface area contributed by atoms with Gasteiger partial charge in [-0.25, -0.2) is 4.68 Å². The van der Waals surface area contributed by atoms with Gasteiger partial charge in [-0.15, -0.1) is 0 Å². The van der Waals surface area contributed by atoms with Crippen LogP contribution in [-0.4, -0.2) is 35.3 Å². The third-order valence-corrected chi connectivity index (χ3v) is 4.60. The molecule has 22 heavy (non-hydrogen) atoms. The Morgan fingerprint density at radius 1 is 1.36 bits per heavy atom. The molecule has 1 amide bonds. The molecule has 1 aromatic rings. The zero-order valence-electron chi connectivity index (χ0n) is 13.1. The molecular weight excluding hydrogens is 280 g/mol. The monoisotopic (exact) mass is 304 g/mol. The minimum absolute atomic E-state index is 0.0956. The summed E-state index contributed by atoms with van der Waals surface area (Å²) in [5.74, 6) is 1.25. The summed E-state index contributed by atoms with van der Waals surface area (Å²) < 4.78 is 1.33. The van der Waals surface area contributed by atoms with E-state index in [2.05, 4.69) is 15.3 Å². The summed E-state index contributed by atoms with van der Waals surface area (Å²) in [5, 5.41) is 7.12. The summed E-state index contributed by atoms with van der Waals surface area (Å²) in [5.41, 5.74) is 0.771. The molecule has 1 saturated carbocycles. The third kappa shape index (κ3) is 3.87. The SMILES string of the molecule is Cn1ncc(N2CCCC(CC(=O)NCC3CC3)C2)cc1=O. The first-order valence-corrected chi connectivity index (χ1v) is 8.17. The Labute approximate surface area is 130 Å². The Morgan fingerprint density at radius 3 is 2.91 bits per heavy atom. The summed E-state index contributed by atoms with van der Waals surface area (Å²) in [6.45, 7) is 2.59. The van der Waals surface area contributed by atoms with Crippen LogP contribution in [0.1, 0.15) is 32.1 Å². The average Bonchev–Trinajstić information content (AvgIpc) is 3.32. The number of hydrogen-bond donors (Lipinski definition) is 1. The number of carbonyl (C=O) groups is 1. The normalized spacial score (nSPS) is 21.7. The van der Waals surface area contributed by atoms with E-state index in [9.17, 15) is 9.59 Å². The molecule has 0 aromatic carbocycles. The van der Waals surface area contributed by atoms with Gasteiger partial charge >= 0.3 is 0 Å². The molecule has 0 spiro atoms. The van der Waals surface area contributed by atoms with Crippen LogP contribution in [0.5, 0.6) is 0 Å². The van der Waals surface area contributed by atoms with Crippen molar-refractivity contribution in [2.75, 3.05) is 24.5 Å². The van der Waals surface area contributed by atoms with E-state index < -0.39 is 0 Å². The van der Waals surface area contributed by atoms with Crippen molar-refractivity contribution in [1.29, 1.82) is 0 Å². The lowest BCUT2D eigenvalue weighted by atomic mass is 9.94. The molecule has 6 heteroatoms. The van der Waals surface area contributed by atoms with Gasteiger partial charge in [0.05, 0.1) is 11.9 Å². The number of anilines is 1. The highest BCUT2D eigenvalue weighted by Gasteiger charge is 2.25. The molecule has 0 bridgehead atoms. The van der Waals surface area contributed by atoms with Gasteiger partial charge in [-0.3, -0.25) is 9.59 Å². The topological polar surface area (TPSA) is 67.2 Å². The van der Waals surface area contributed by atoms with Crippen LogP contribution in [-0.2, 0) is 11.8 Å². The standard InChI is InChI=1S/C16H24N4O2/c1-19-16(22)8-14(10-18-19)20-6-2-3-13(11-20)7-15(21)17-9-12-4-5-12/h8,10,12-13H,2-7,9,11H2,1H3,(H,17,21). The summed E-state index contributed by atoms with van der Waals surface area (Å²) in [4.78, 5) is 25.9. The number of piperidine rings is 1. The van der Waals surface area contributed by atoms with Crippen molar-refractivity contribution in [2.45, 2.75) is 32.1 Å². The minimum Gasteiger partial charge on any atom is -0.370 e. The number of aromatic nitrogens is 2. The first-order chi connectivity index (χ1) is 10.6. The highest BCUT2D eigenvalue weighted by atomic mass is 16.1. The first-order valence-electron chi connectivity index (χ1n) is 8.17. The number of aryl methyl sites for hydroxylation is 1. The number of rotatable bonds is 5. The van der Waals surface area contributed by atoms with Gasteiger partial charge in [0.15, 0.2) is 0 Å². The van der Waals surface area contributed by atoms with Crippen molar-refractivity contribution in [3.63, 3.8) is 0 Å². The van der Waals surface area contributed by atoms with Crippen molar-refractivity contribution < 1.29 is 4.79 Å². The van der Waals surface area contributed by atoms with Gasteiger partial charge < -0.3 is 10.2 Å². The summed E-state index contributed by atoms with van der Waals surface area (Å²) in [7, 11) is 1.65. The fraction of sp³-hybridized carbons (Fsp3) is 0.688. The van der Waals surface area contributed by atoms with Crippen LogP contribution >= 0.6 is 0 Å². The van der Waals surface area contributed by atoms with E-state index in [4.69, 9.17) is 0 Å². The average molecular weight is 304 g/mol. The molecule has 2 fully saturated rings. The predicted octanol–water partition coefficient (Wildman–Crippen LogP) is 0.913. The second-order valence-electron chi connectivity index (χ2n) is 6.58. The Hall–Kier alpha value is -1.85. The summed E-state index contributed by atoms with van der Waals surface area (Å²) >= 11 is 0. The minimum atomic E-state index is -0.0956. The van der Waals surface area contributed by atoms with Gasteiger partial charge in [0, 0.05) is 39.2 Å².